The van der Waals surface area contributed by atoms with Crippen LogP contribution in [0, 0.1) is 0 Å². The second-order valence-corrected chi connectivity index (χ2v) is 9.94. The summed E-state index contributed by atoms with van der Waals surface area (Å²) in [7, 11) is -3.52. The van der Waals surface area contributed by atoms with Crippen molar-refractivity contribution in [2.24, 2.45) is 0 Å². The standard InChI is InChI=1S/C18H21ClN2O5S2/c1-13(26-15-4-2-14(19)3-5-15)18(22)20-12-16-6-7-17(27-16)28(23,24)21-8-10-25-11-9-21/h2-7,13H,8-12H2,1H3,(H,20,22). The minimum Gasteiger partial charge on any atom is -0.481 e. The Kier molecular flexibility index (Phi) is 6.95. The maximum Gasteiger partial charge on any atom is 0.261 e. The number of hydrogen-bond acceptors (Lipinski definition) is 6. The lowest BCUT2D eigenvalue weighted by atomic mass is 10.3. The predicted octanol–water partition coefficient (Wildman–Crippen LogP) is 2.51. The van der Waals surface area contributed by atoms with Crippen LogP contribution in [0.3, 0.4) is 0 Å². The fourth-order valence-corrected chi connectivity index (χ4v) is 5.58. The normalized spacial score (nSPS) is 16.5. The molecule has 1 aromatic carbocycles. The van der Waals surface area contributed by atoms with Crippen LogP contribution in [0.15, 0.2) is 40.6 Å². The Morgan fingerprint density at radius 1 is 1.25 bits per heavy atom. The van der Waals surface area contributed by atoms with E-state index in [-0.39, 0.29) is 16.7 Å². The maximum absolute atomic E-state index is 12.6. The lowest BCUT2D eigenvalue weighted by Crippen LogP contribution is -2.40. The Balaban J connectivity index is 1.54. The number of halogens is 1. The van der Waals surface area contributed by atoms with Gasteiger partial charge in [0.25, 0.3) is 15.9 Å². The van der Waals surface area contributed by atoms with E-state index in [2.05, 4.69) is 5.32 Å². The summed E-state index contributed by atoms with van der Waals surface area (Å²) in [5, 5.41) is 3.35. The van der Waals surface area contributed by atoms with Gasteiger partial charge in [-0.15, -0.1) is 11.3 Å². The van der Waals surface area contributed by atoms with E-state index in [0.717, 1.165) is 16.2 Å². The number of amides is 1. The number of thiophene rings is 1. The molecular formula is C18H21ClN2O5S2. The summed E-state index contributed by atoms with van der Waals surface area (Å²) in [6.07, 6.45) is -0.697. The molecule has 2 heterocycles. The second-order valence-electron chi connectivity index (χ2n) is 6.17. The highest BCUT2D eigenvalue weighted by Crippen LogP contribution is 2.25. The minimum atomic E-state index is -3.52. The topological polar surface area (TPSA) is 84.9 Å². The van der Waals surface area contributed by atoms with E-state index in [1.165, 1.54) is 4.31 Å². The van der Waals surface area contributed by atoms with Gasteiger partial charge in [0.05, 0.1) is 19.8 Å². The van der Waals surface area contributed by atoms with Gasteiger partial charge in [-0.1, -0.05) is 11.6 Å². The average molecular weight is 445 g/mol. The number of sulfonamides is 1. The molecule has 0 aliphatic carbocycles. The summed E-state index contributed by atoms with van der Waals surface area (Å²) in [4.78, 5) is 13.0. The molecule has 1 unspecified atom stereocenters. The largest absolute Gasteiger partial charge is 0.481 e. The van der Waals surface area contributed by atoms with Crippen LogP contribution in [-0.2, 0) is 26.1 Å². The van der Waals surface area contributed by atoms with Crippen LogP contribution in [0.1, 0.15) is 11.8 Å². The van der Waals surface area contributed by atoms with Crippen LogP contribution in [0.2, 0.25) is 5.02 Å². The molecule has 152 valence electrons. The lowest BCUT2D eigenvalue weighted by Gasteiger charge is -2.25. The molecule has 1 N–H and O–H groups in total. The van der Waals surface area contributed by atoms with Crippen LogP contribution in [-0.4, -0.2) is 51.0 Å². The van der Waals surface area contributed by atoms with Crippen molar-refractivity contribution in [1.82, 2.24) is 9.62 Å². The number of nitrogens with zero attached hydrogens (tertiary/aromatic N) is 1. The molecule has 1 atom stereocenters. The molecular weight excluding hydrogens is 424 g/mol. The third-order valence-electron chi connectivity index (χ3n) is 4.13. The molecule has 0 saturated carbocycles. The molecule has 1 amide bonds. The highest BCUT2D eigenvalue weighted by molar-refractivity contribution is 7.91. The van der Waals surface area contributed by atoms with Crippen molar-refractivity contribution in [3.05, 3.63) is 46.3 Å². The average Bonchev–Trinajstić information content (AvgIpc) is 3.18. The number of nitrogens with one attached hydrogen (secondary N) is 1. The van der Waals surface area contributed by atoms with Crippen molar-refractivity contribution < 1.29 is 22.7 Å². The van der Waals surface area contributed by atoms with Gasteiger partial charge in [-0.05, 0) is 43.3 Å². The fraction of sp³-hybridized carbons (Fsp3) is 0.389. The zero-order chi connectivity index (χ0) is 20.1. The Labute approximate surface area is 173 Å². The summed E-state index contributed by atoms with van der Waals surface area (Å²) in [5.74, 6) is 0.253. The van der Waals surface area contributed by atoms with Gasteiger partial charge in [-0.3, -0.25) is 4.79 Å². The van der Waals surface area contributed by atoms with Gasteiger partial charge in [0, 0.05) is 23.0 Å². The summed E-state index contributed by atoms with van der Waals surface area (Å²) in [6, 6.07) is 10.0. The first-order valence-electron chi connectivity index (χ1n) is 8.73. The van der Waals surface area contributed by atoms with Gasteiger partial charge in [0.1, 0.15) is 9.96 Å². The van der Waals surface area contributed by atoms with Crippen molar-refractivity contribution in [1.29, 1.82) is 0 Å². The van der Waals surface area contributed by atoms with E-state index in [9.17, 15) is 13.2 Å². The minimum absolute atomic E-state index is 0.233. The molecule has 2 aromatic rings. The molecule has 1 aliphatic rings. The number of ether oxygens (including phenoxy) is 2. The van der Waals surface area contributed by atoms with Gasteiger partial charge < -0.3 is 14.8 Å². The highest BCUT2D eigenvalue weighted by Gasteiger charge is 2.27. The smallest absolute Gasteiger partial charge is 0.261 e. The fourth-order valence-electron chi connectivity index (χ4n) is 2.59. The molecule has 1 fully saturated rings. The van der Waals surface area contributed by atoms with Gasteiger partial charge in [-0.2, -0.15) is 4.31 Å². The molecule has 1 aliphatic heterocycles. The summed E-state index contributed by atoms with van der Waals surface area (Å²) in [6.45, 7) is 3.39. The zero-order valence-corrected chi connectivity index (χ0v) is 17.6. The Morgan fingerprint density at radius 2 is 1.93 bits per heavy atom. The van der Waals surface area contributed by atoms with Gasteiger partial charge in [-0.25, -0.2) is 8.42 Å². The maximum atomic E-state index is 12.6. The molecule has 28 heavy (non-hydrogen) atoms. The van der Waals surface area contributed by atoms with E-state index in [0.29, 0.717) is 37.1 Å². The zero-order valence-electron chi connectivity index (χ0n) is 15.3. The van der Waals surface area contributed by atoms with Gasteiger partial charge >= 0.3 is 0 Å². The van der Waals surface area contributed by atoms with Gasteiger partial charge in [0.15, 0.2) is 6.10 Å². The van der Waals surface area contributed by atoms with E-state index < -0.39 is 16.1 Å². The van der Waals surface area contributed by atoms with Crippen LogP contribution >= 0.6 is 22.9 Å². The number of rotatable bonds is 7. The molecule has 0 bridgehead atoms. The van der Waals surface area contributed by atoms with Crippen LogP contribution in [0.5, 0.6) is 5.75 Å². The third kappa shape index (κ3) is 5.24. The Hall–Kier alpha value is -1.65. The van der Waals surface area contributed by atoms with E-state index in [1.54, 1.807) is 43.3 Å². The molecule has 1 aromatic heterocycles. The van der Waals surface area contributed by atoms with E-state index >= 15 is 0 Å². The molecule has 0 spiro atoms. The molecule has 7 nitrogen and oxygen atoms in total. The highest BCUT2D eigenvalue weighted by atomic mass is 35.5. The van der Waals surface area contributed by atoms with Crippen molar-refractivity contribution in [3.8, 4) is 5.75 Å². The predicted molar refractivity (Wildman–Crippen MR) is 107 cm³/mol. The Bertz CT molecular complexity index is 908. The second kappa shape index (κ2) is 9.23. The summed E-state index contributed by atoms with van der Waals surface area (Å²) < 4.78 is 37.7. The Morgan fingerprint density at radius 3 is 2.61 bits per heavy atom. The van der Waals surface area contributed by atoms with Crippen LogP contribution < -0.4 is 10.1 Å². The first kappa shape index (κ1) is 21.1. The van der Waals surface area contributed by atoms with Crippen molar-refractivity contribution in [3.63, 3.8) is 0 Å². The monoisotopic (exact) mass is 444 g/mol. The van der Waals surface area contributed by atoms with E-state index in [1.807, 2.05) is 0 Å². The summed E-state index contributed by atoms with van der Waals surface area (Å²) in [5.41, 5.74) is 0. The third-order valence-corrected chi connectivity index (χ3v) is 7.84. The quantitative estimate of drug-likeness (QED) is 0.709. The SMILES string of the molecule is CC(Oc1ccc(Cl)cc1)C(=O)NCc1ccc(S(=O)(=O)N2CCOCC2)s1. The van der Waals surface area contributed by atoms with Crippen LogP contribution in [0.4, 0.5) is 0 Å². The van der Waals surface area contributed by atoms with Crippen molar-refractivity contribution in [2.45, 2.75) is 23.8 Å². The van der Waals surface area contributed by atoms with Crippen LogP contribution in [0.25, 0.3) is 0 Å². The van der Waals surface area contributed by atoms with E-state index in [4.69, 9.17) is 21.1 Å². The number of morpholine rings is 1. The number of carbonyl (C=O) groups is 1. The van der Waals surface area contributed by atoms with Gasteiger partial charge in [0.2, 0.25) is 0 Å². The lowest BCUT2D eigenvalue weighted by molar-refractivity contribution is -0.127. The van der Waals surface area contributed by atoms with Crippen molar-refractivity contribution in [2.75, 3.05) is 26.3 Å². The number of carbonyl (C=O) groups excluding carboxylic acids is 1. The first-order chi connectivity index (χ1) is 13.4. The van der Waals surface area contributed by atoms with Crippen molar-refractivity contribution >= 4 is 38.9 Å². The first-order valence-corrected chi connectivity index (χ1v) is 11.4. The molecule has 1 saturated heterocycles. The number of benzene rings is 1. The molecule has 0 radical (unpaired) electrons. The number of hydrogen-bond donors (Lipinski definition) is 1. The molecule has 3 rings (SSSR count). The molecule has 10 heteroatoms. The summed E-state index contributed by atoms with van der Waals surface area (Å²) >= 11 is 6.98.